The summed E-state index contributed by atoms with van der Waals surface area (Å²) in [6, 6.07) is 23.6. The van der Waals surface area contributed by atoms with Crippen LogP contribution in [0.2, 0.25) is 0 Å². The van der Waals surface area contributed by atoms with Gasteiger partial charge in [0.1, 0.15) is 18.2 Å². The molecular weight excluding hydrogens is 396 g/mol. The Balaban J connectivity index is 1.11. The summed E-state index contributed by atoms with van der Waals surface area (Å²) in [5.41, 5.74) is 2.48. The van der Waals surface area contributed by atoms with Crippen molar-refractivity contribution in [2.45, 2.75) is 31.7 Å². The fourth-order valence-electron chi connectivity index (χ4n) is 5.16. The fourth-order valence-corrected chi connectivity index (χ4v) is 5.16. The lowest BCUT2D eigenvalue weighted by atomic mass is 9.95. The van der Waals surface area contributed by atoms with E-state index in [9.17, 15) is 0 Å². The van der Waals surface area contributed by atoms with E-state index < -0.39 is 0 Å². The summed E-state index contributed by atoms with van der Waals surface area (Å²) in [5, 5.41) is 11.9. The van der Waals surface area contributed by atoms with Crippen molar-refractivity contribution < 1.29 is 4.74 Å². The molecule has 4 aromatic rings. The molecule has 5 nitrogen and oxygen atoms in total. The molecule has 32 heavy (non-hydrogen) atoms. The van der Waals surface area contributed by atoms with Gasteiger partial charge in [0.2, 0.25) is 0 Å². The maximum atomic E-state index is 5.95. The number of piperidine rings is 1. The van der Waals surface area contributed by atoms with Crippen LogP contribution in [0.5, 0.6) is 5.75 Å². The number of ether oxygens (including phenoxy) is 1. The number of fused-ring (bicyclic) bond motifs is 4. The lowest BCUT2D eigenvalue weighted by Gasteiger charge is -2.31. The smallest absolute Gasteiger partial charge is 0.167 e. The molecule has 0 spiro atoms. The van der Waals surface area contributed by atoms with Gasteiger partial charge < -0.3 is 14.2 Å². The molecule has 0 unspecified atom stereocenters. The average Bonchev–Trinajstić information content (AvgIpc) is 3.18. The molecule has 2 aliphatic heterocycles. The summed E-state index contributed by atoms with van der Waals surface area (Å²) in [5.74, 6) is 3.47. The van der Waals surface area contributed by atoms with Crippen LogP contribution in [0.3, 0.4) is 0 Å². The molecule has 162 valence electrons. The van der Waals surface area contributed by atoms with Crippen LogP contribution in [-0.2, 0) is 13.0 Å². The van der Waals surface area contributed by atoms with Crippen molar-refractivity contribution in [1.82, 2.24) is 19.7 Å². The van der Waals surface area contributed by atoms with Gasteiger partial charge in [-0.3, -0.25) is 0 Å². The number of benzene rings is 3. The standard InChI is InChI=1S/C27H28N4O/c1-2-6-23-19-20(9-10-21(23)5-1)11-14-30-15-12-22(13-16-30)26-28-29-27-24-7-3-4-8-25(24)32-18-17-31(26)27/h1-10,19,22H,11-18H2. The van der Waals surface area contributed by atoms with Crippen molar-refractivity contribution >= 4 is 10.8 Å². The minimum Gasteiger partial charge on any atom is -0.491 e. The summed E-state index contributed by atoms with van der Waals surface area (Å²) in [6.07, 6.45) is 3.38. The highest BCUT2D eigenvalue weighted by molar-refractivity contribution is 5.83. The van der Waals surface area contributed by atoms with Gasteiger partial charge in [-0.1, -0.05) is 54.6 Å². The van der Waals surface area contributed by atoms with Crippen LogP contribution >= 0.6 is 0 Å². The van der Waals surface area contributed by atoms with Gasteiger partial charge in [0, 0.05) is 12.5 Å². The molecule has 1 saturated heterocycles. The van der Waals surface area contributed by atoms with E-state index in [1.807, 2.05) is 18.2 Å². The van der Waals surface area contributed by atoms with Crippen LogP contribution in [0.1, 0.15) is 30.1 Å². The average molecular weight is 425 g/mol. The van der Waals surface area contributed by atoms with Crippen LogP contribution in [0.25, 0.3) is 22.2 Å². The predicted octanol–water partition coefficient (Wildman–Crippen LogP) is 4.91. The minimum absolute atomic E-state index is 0.471. The topological polar surface area (TPSA) is 43.2 Å². The first-order valence-electron chi connectivity index (χ1n) is 11.7. The first-order valence-corrected chi connectivity index (χ1v) is 11.7. The van der Waals surface area contributed by atoms with E-state index in [1.165, 1.54) is 16.3 Å². The Labute approximate surface area is 188 Å². The van der Waals surface area contributed by atoms with Crippen molar-refractivity contribution in [2.75, 3.05) is 26.2 Å². The van der Waals surface area contributed by atoms with Crippen molar-refractivity contribution in [1.29, 1.82) is 0 Å². The maximum absolute atomic E-state index is 5.95. The highest BCUT2D eigenvalue weighted by Crippen LogP contribution is 2.35. The third kappa shape index (κ3) is 3.67. The second kappa shape index (κ2) is 8.40. The van der Waals surface area contributed by atoms with Crippen LogP contribution in [-0.4, -0.2) is 45.9 Å². The molecule has 0 bridgehead atoms. The van der Waals surface area contributed by atoms with Crippen molar-refractivity contribution in [3.05, 3.63) is 78.1 Å². The Kier molecular flexibility index (Phi) is 5.12. The molecule has 1 aromatic heterocycles. The zero-order valence-electron chi connectivity index (χ0n) is 18.3. The van der Waals surface area contributed by atoms with Gasteiger partial charge in [-0.05, 0) is 60.8 Å². The van der Waals surface area contributed by atoms with E-state index in [-0.39, 0.29) is 0 Å². The summed E-state index contributed by atoms with van der Waals surface area (Å²) in [6.45, 7) is 4.83. The summed E-state index contributed by atoms with van der Waals surface area (Å²) in [4.78, 5) is 2.60. The lowest BCUT2D eigenvalue weighted by Crippen LogP contribution is -2.35. The van der Waals surface area contributed by atoms with Gasteiger partial charge in [0.15, 0.2) is 5.82 Å². The van der Waals surface area contributed by atoms with E-state index in [0.717, 1.165) is 68.4 Å². The summed E-state index contributed by atoms with van der Waals surface area (Å²) < 4.78 is 8.25. The van der Waals surface area contributed by atoms with Crippen LogP contribution in [0.15, 0.2) is 66.7 Å². The van der Waals surface area contributed by atoms with Gasteiger partial charge in [-0.25, -0.2) is 0 Å². The monoisotopic (exact) mass is 424 g/mol. The number of nitrogens with zero attached hydrogens (tertiary/aromatic N) is 4. The second-order valence-corrected chi connectivity index (χ2v) is 8.93. The maximum Gasteiger partial charge on any atom is 0.167 e. The van der Waals surface area contributed by atoms with Gasteiger partial charge >= 0.3 is 0 Å². The Hall–Kier alpha value is -3.18. The molecule has 5 heteroatoms. The number of likely N-dealkylation sites (tertiary alicyclic amines) is 1. The van der Waals surface area contributed by atoms with Crippen LogP contribution in [0, 0.1) is 0 Å². The zero-order chi connectivity index (χ0) is 21.3. The van der Waals surface area contributed by atoms with E-state index >= 15 is 0 Å². The SMILES string of the molecule is c1ccc2c(c1)OCCn1c-2nnc1C1CCN(CCc2ccc3ccccc3c2)CC1. The third-order valence-corrected chi connectivity index (χ3v) is 6.96. The quantitative estimate of drug-likeness (QED) is 0.467. The van der Waals surface area contributed by atoms with E-state index in [2.05, 4.69) is 68.2 Å². The number of aromatic nitrogens is 3. The Bertz CT molecular complexity index is 1240. The van der Waals surface area contributed by atoms with Crippen molar-refractivity contribution in [3.63, 3.8) is 0 Å². The predicted molar refractivity (Wildman–Crippen MR) is 127 cm³/mol. The number of hydrogen-bond donors (Lipinski definition) is 0. The normalized spacial score (nSPS) is 16.9. The molecule has 1 fully saturated rings. The van der Waals surface area contributed by atoms with Crippen molar-refractivity contribution in [3.8, 4) is 17.1 Å². The summed E-state index contributed by atoms with van der Waals surface area (Å²) >= 11 is 0. The molecule has 0 atom stereocenters. The van der Waals surface area contributed by atoms with E-state index in [1.54, 1.807) is 0 Å². The molecule has 2 aliphatic rings. The van der Waals surface area contributed by atoms with Gasteiger partial charge in [-0.15, -0.1) is 10.2 Å². The molecule has 0 aliphatic carbocycles. The fraction of sp³-hybridized carbons (Fsp3) is 0.333. The molecule has 6 rings (SSSR count). The van der Waals surface area contributed by atoms with Gasteiger partial charge in [-0.2, -0.15) is 0 Å². The number of para-hydroxylation sites is 1. The van der Waals surface area contributed by atoms with E-state index in [0.29, 0.717) is 12.5 Å². The Morgan fingerprint density at radius 1 is 0.844 bits per heavy atom. The first kappa shape index (κ1) is 19.5. The van der Waals surface area contributed by atoms with E-state index in [4.69, 9.17) is 4.74 Å². The minimum atomic E-state index is 0.471. The highest BCUT2D eigenvalue weighted by Gasteiger charge is 2.28. The first-order chi connectivity index (χ1) is 15.8. The highest BCUT2D eigenvalue weighted by atomic mass is 16.5. The van der Waals surface area contributed by atoms with Gasteiger partial charge in [0.25, 0.3) is 0 Å². The molecular formula is C27H28N4O. The molecule has 3 heterocycles. The lowest BCUT2D eigenvalue weighted by molar-refractivity contribution is 0.208. The molecule has 0 saturated carbocycles. The van der Waals surface area contributed by atoms with Crippen molar-refractivity contribution in [2.24, 2.45) is 0 Å². The van der Waals surface area contributed by atoms with Gasteiger partial charge in [0.05, 0.1) is 12.1 Å². The number of hydrogen-bond acceptors (Lipinski definition) is 4. The molecule has 0 amide bonds. The molecule has 0 N–H and O–H groups in total. The largest absolute Gasteiger partial charge is 0.491 e. The summed E-state index contributed by atoms with van der Waals surface area (Å²) in [7, 11) is 0. The zero-order valence-corrected chi connectivity index (χ0v) is 18.3. The van der Waals surface area contributed by atoms with Crippen LogP contribution < -0.4 is 4.74 Å². The van der Waals surface area contributed by atoms with Crippen LogP contribution in [0.4, 0.5) is 0 Å². The Morgan fingerprint density at radius 3 is 2.56 bits per heavy atom. The third-order valence-electron chi connectivity index (χ3n) is 6.96. The molecule has 3 aromatic carbocycles. The Morgan fingerprint density at radius 2 is 1.66 bits per heavy atom. The second-order valence-electron chi connectivity index (χ2n) is 8.93. The molecule has 0 radical (unpaired) electrons. The number of rotatable bonds is 4.